The fourth-order valence-electron chi connectivity index (χ4n) is 3.43. The van der Waals surface area contributed by atoms with E-state index in [-0.39, 0.29) is 0 Å². The number of nitrogens with zero attached hydrogens (tertiary/aromatic N) is 2. The molecule has 3 heteroatoms. The minimum atomic E-state index is 0.697. The molecule has 3 nitrogen and oxygen atoms in total. The molecule has 0 aromatic rings. The fraction of sp³-hybridized carbons (Fsp3) is 1.00. The molecule has 2 atom stereocenters. The van der Waals surface area contributed by atoms with E-state index in [4.69, 9.17) is 0 Å². The van der Waals surface area contributed by atoms with Crippen molar-refractivity contribution in [2.75, 3.05) is 13.1 Å². The molecule has 0 aromatic carbocycles. The highest BCUT2D eigenvalue weighted by atomic mass is 15.5. The van der Waals surface area contributed by atoms with Crippen molar-refractivity contribution >= 4 is 0 Å². The van der Waals surface area contributed by atoms with Crippen molar-refractivity contribution in [2.24, 2.45) is 0 Å². The van der Waals surface area contributed by atoms with Crippen LogP contribution in [0.3, 0.4) is 0 Å². The molecule has 2 saturated heterocycles. The van der Waals surface area contributed by atoms with E-state index < -0.39 is 0 Å². The Morgan fingerprint density at radius 2 is 1.50 bits per heavy atom. The van der Waals surface area contributed by atoms with Gasteiger partial charge >= 0.3 is 0 Å². The Labute approximate surface area is 113 Å². The third-order valence-electron chi connectivity index (χ3n) is 4.79. The lowest BCUT2D eigenvalue weighted by molar-refractivity contribution is 0.0139. The van der Waals surface area contributed by atoms with Gasteiger partial charge in [-0.15, -0.1) is 0 Å². The number of nitrogens with one attached hydrogen (secondary N) is 1. The minimum Gasteiger partial charge on any atom is -0.301 e. The van der Waals surface area contributed by atoms with Crippen LogP contribution in [0.4, 0.5) is 0 Å². The molecule has 2 aliphatic heterocycles. The van der Waals surface area contributed by atoms with Crippen LogP contribution in [0.2, 0.25) is 0 Å². The lowest BCUT2D eigenvalue weighted by Crippen LogP contribution is -2.57. The van der Waals surface area contributed by atoms with Crippen LogP contribution < -0.4 is 5.43 Å². The molecule has 0 radical (unpaired) electrons. The monoisotopic (exact) mass is 253 g/mol. The predicted octanol–water partition coefficient (Wildman–Crippen LogP) is 2.63. The molecule has 0 spiro atoms. The maximum absolute atomic E-state index is 3.82. The van der Waals surface area contributed by atoms with Crippen LogP contribution in [0.15, 0.2) is 0 Å². The third-order valence-corrected chi connectivity index (χ3v) is 4.79. The van der Waals surface area contributed by atoms with Gasteiger partial charge in [0.1, 0.15) is 0 Å². The van der Waals surface area contributed by atoms with E-state index >= 15 is 0 Å². The maximum atomic E-state index is 3.82. The second-order valence-electron chi connectivity index (χ2n) is 6.57. The van der Waals surface area contributed by atoms with E-state index in [9.17, 15) is 0 Å². The zero-order valence-electron chi connectivity index (χ0n) is 12.7. The van der Waals surface area contributed by atoms with Crippen LogP contribution in [0.1, 0.15) is 59.8 Å². The molecule has 1 N–H and O–H groups in total. The first-order valence-electron chi connectivity index (χ1n) is 7.86. The summed E-state index contributed by atoms with van der Waals surface area (Å²) in [6.45, 7) is 11.9. The van der Waals surface area contributed by atoms with Crippen LogP contribution in [-0.2, 0) is 0 Å². The summed E-state index contributed by atoms with van der Waals surface area (Å²) in [5, 5.41) is 2.54. The fourth-order valence-corrected chi connectivity index (χ4v) is 3.43. The number of likely N-dealkylation sites (tertiary alicyclic amines) is 1. The van der Waals surface area contributed by atoms with Crippen molar-refractivity contribution in [2.45, 2.75) is 84.0 Å². The topological polar surface area (TPSA) is 18.5 Å². The van der Waals surface area contributed by atoms with Crippen molar-refractivity contribution in [3.8, 4) is 0 Å². The van der Waals surface area contributed by atoms with E-state index in [0.29, 0.717) is 24.2 Å². The average Bonchev–Trinajstić information content (AvgIpc) is 2.34. The van der Waals surface area contributed by atoms with Gasteiger partial charge in [0, 0.05) is 24.2 Å². The molecule has 0 aromatic heterocycles. The average molecular weight is 253 g/mol. The molecule has 0 bridgehead atoms. The van der Waals surface area contributed by atoms with Gasteiger partial charge in [0.2, 0.25) is 0 Å². The molecule has 2 unspecified atom stereocenters. The Kier molecular flexibility index (Phi) is 5.05. The van der Waals surface area contributed by atoms with Crippen molar-refractivity contribution in [1.82, 2.24) is 15.3 Å². The van der Waals surface area contributed by atoms with Crippen LogP contribution in [0.25, 0.3) is 0 Å². The summed E-state index contributed by atoms with van der Waals surface area (Å²) in [4.78, 5) is 2.60. The molecule has 2 rings (SSSR count). The summed E-state index contributed by atoms with van der Waals surface area (Å²) < 4.78 is 0. The zero-order chi connectivity index (χ0) is 13.1. The van der Waals surface area contributed by atoms with E-state index in [1.54, 1.807) is 0 Å². The van der Waals surface area contributed by atoms with Gasteiger partial charge in [-0.3, -0.25) is 5.43 Å². The van der Waals surface area contributed by atoms with Crippen molar-refractivity contribution in [3.05, 3.63) is 0 Å². The summed E-state index contributed by atoms with van der Waals surface area (Å²) in [5.41, 5.74) is 3.82. The highest BCUT2D eigenvalue weighted by Gasteiger charge is 2.28. The molecular weight excluding hydrogens is 222 g/mol. The molecular formula is C15H31N3. The number of hydrogen-bond donors (Lipinski definition) is 1. The Morgan fingerprint density at radius 3 is 2.00 bits per heavy atom. The van der Waals surface area contributed by atoms with E-state index in [2.05, 4.69) is 43.0 Å². The van der Waals surface area contributed by atoms with Crippen molar-refractivity contribution < 1.29 is 0 Å². The number of hydrazine groups is 1. The number of rotatable bonds is 3. The first-order valence-corrected chi connectivity index (χ1v) is 7.86. The minimum absolute atomic E-state index is 0.697. The summed E-state index contributed by atoms with van der Waals surface area (Å²) in [5.74, 6) is 0. The van der Waals surface area contributed by atoms with E-state index in [1.165, 1.54) is 45.2 Å². The van der Waals surface area contributed by atoms with Crippen LogP contribution >= 0.6 is 0 Å². The van der Waals surface area contributed by atoms with Crippen LogP contribution in [0, 0.1) is 0 Å². The normalized spacial score (nSPS) is 33.2. The molecule has 0 aliphatic carbocycles. The Morgan fingerprint density at radius 1 is 0.944 bits per heavy atom. The Balaban J connectivity index is 1.80. The molecule has 2 heterocycles. The van der Waals surface area contributed by atoms with Gasteiger partial charge in [-0.05, 0) is 66.5 Å². The van der Waals surface area contributed by atoms with Gasteiger partial charge < -0.3 is 4.90 Å². The van der Waals surface area contributed by atoms with E-state index in [1.807, 2.05) is 0 Å². The molecule has 18 heavy (non-hydrogen) atoms. The lowest BCUT2D eigenvalue weighted by Gasteiger charge is -2.43. The standard InChI is InChI=1S/C15H31N3/c1-12(2)17-10-8-15(9-11-17)16-18-13(3)6-5-7-14(18)4/h12-16H,5-11H2,1-4H3. The Bertz CT molecular complexity index is 236. The molecule has 0 saturated carbocycles. The lowest BCUT2D eigenvalue weighted by atomic mass is 9.99. The quantitative estimate of drug-likeness (QED) is 0.834. The second kappa shape index (κ2) is 6.36. The van der Waals surface area contributed by atoms with Gasteiger partial charge in [0.25, 0.3) is 0 Å². The molecule has 106 valence electrons. The number of piperidine rings is 2. The second-order valence-corrected chi connectivity index (χ2v) is 6.57. The highest BCUT2D eigenvalue weighted by Crippen LogP contribution is 2.22. The largest absolute Gasteiger partial charge is 0.301 e. The van der Waals surface area contributed by atoms with Crippen molar-refractivity contribution in [1.29, 1.82) is 0 Å². The van der Waals surface area contributed by atoms with Crippen LogP contribution in [-0.4, -0.2) is 47.2 Å². The summed E-state index contributed by atoms with van der Waals surface area (Å²) in [7, 11) is 0. The molecule has 0 amide bonds. The van der Waals surface area contributed by atoms with Gasteiger partial charge in [-0.2, -0.15) is 0 Å². The Hall–Kier alpha value is -0.120. The highest BCUT2D eigenvalue weighted by molar-refractivity contribution is 4.82. The number of hydrogen-bond acceptors (Lipinski definition) is 3. The zero-order valence-corrected chi connectivity index (χ0v) is 12.7. The first kappa shape index (κ1) is 14.3. The first-order chi connectivity index (χ1) is 8.58. The maximum Gasteiger partial charge on any atom is 0.0239 e. The SMILES string of the molecule is CC(C)N1CCC(NN2C(C)CCCC2C)CC1. The molecule has 2 fully saturated rings. The van der Waals surface area contributed by atoms with Gasteiger partial charge in [0.05, 0.1) is 0 Å². The van der Waals surface area contributed by atoms with Crippen molar-refractivity contribution in [3.63, 3.8) is 0 Å². The van der Waals surface area contributed by atoms with Crippen LogP contribution in [0.5, 0.6) is 0 Å². The van der Waals surface area contributed by atoms with Gasteiger partial charge in [-0.25, -0.2) is 5.01 Å². The summed E-state index contributed by atoms with van der Waals surface area (Å²) >= 11 is 0. The summed E-state index contributed by atoms with van der Waals surface area (Å²) in [6, 6.07) is 2.82. The van der Waals surface area contributed by atoms with E-state index in [0.717, 1.165) is 0 Å². The third kappa shape index (κ3) is 3.46. The summed E-state index contributed by atoms with van der Waals surface area (Å²) in [6.07, 6.45) is 6.69. The molecule has 2 aliphatic rings. The van der Waals surface area contributed by atoms with Gasteiger partial charge in [-0.1, -0.05) is 6.42 Å². The smallest absolute Gasteiger partial charge is 0.0239 e. The predicted molar refractivity (Wildman–Crippen MR) is 77.5 cm³/mol. The van der Waals surface area contributed by atoms with Gasteiger partial charge in [0.15, 0.2) is 0 Å².